The van der Waals surface area contributed by atoms with Crippen LogP contribution in [0, 0.1) is 0 Å². The Morgan fingerprint density at radius 2 is 1.23 bits per heavy atom. The molecular weight excluding hydrogens is 557 g/mol. The largest absolute Gasteiger partial charge is 0.469 e. The van der Waals surface area contributed by atoms with E-state index in [1.807, 2.05) is 23.5 Å². The standard InChI is InChI=1S/C32H40NO4PS2/c1-39-32(40-25-17-8-6-4-2-3-5-7-16-24-37-38(34,35)36)31-27-20-12-14-22-29(27)33(26-18-10-9-11-19-26)30-23-15-13-21-28(30)31/h9-15,18-23H,2-8,16-17,24-25H2,1H3,(H2,34,35,36). The van der Waals surface area contributed by atoms with Gasteiger partial charge in [0.2, 0.25) is 0 Å². The van der Waals surface area contributed by atoms with Crippen molar-refractivity contribution in [3.05, 3.63) is 94.2 Å². The van der Waals surface area contributed by atoms with Crippen LogP contribution in [0.1, 0.15) is 68.9 Å². The third-order valence-corrected chi connectivity index (χ3v) is 9.92. The van der Waals surface area contributed by atoms with Gasteiger partial charge in [-0.3, -0.25) is 4.52 Å². The van der Waals surface area contributed by atoms with Crippen molar-refractivity contribution in [1.29, 1.82) is 0 Å². The molecule has 0 radical (unpaired) electrons. The number of hydrogen-bond acceptors (Lipinski definition) is 5. The van der Waals surface area contributed by atoms with Crippen molar-refractivity contribution < 1.29 is 18.9 Å². The lowest BCUT2D eigenvalue weighted by Crippen LogP contribution is -2.18. The first-order chi connectivity index (χ1) is 19.5. The van der Waals surface area contributed by atoms with E-state index in [0.29, 0.717) is 6.42 Å². The van der Waals surface area contributed by atoms with Gasteiger partial charge in [-0.25, -0.2) is 4.57 Å². The summed E-state index contributed by atoms with van der Waals surface area (Å²) in [7, 11) is -4.31. The molecule has 2 N–H and O–H groups in total. The second-order valence-corrected chi connectivity index (χ2v) is 13.3. The molecule has 0 bridgehead atoms. The molecule has 0 saturated carbocycles. The Hall–Kier alpha value is -1.99. The van der Waals surface area contributed by atoms with E-state index in [0.717, 1.165) is 18.6 Å². The maximum atomic E-state index is 10.7. The molecule has 1 aliphatic heterocycles. The summed E-state index contributed by atoms with van der Waals surface area (Å²) >= 11 is 3.85. The van der Waals surface area contributed by atoms with Gasteiger partial charge in [-0.05, 0) is 49.1 Å². The van der Waals surface area contributed by atoms with Crippen molar-refractivity contribution in [3.63, 3.8) is 0 Å². The fourth-order valence-corrected chi connectivity index (χ4v) is 7.54. The molecule has 1 heterocycles. The third-order valence-electron chi connectivity index (χ3n) is 7.01. The van der Waals surface area contributed by atoms with Gasteiger partial charge in [0.15, 0.2) is 0 Å². The summed E-state index contributed by atoms with van der Waals surface area (Å²) in [5, 5.41) is 0. The zero-order valence-corrected chi connectivity index (χ0v) is 25.7. The van der Waals surface area contributed by atoms with Crippen LogP contribution in [0.5, 0.6) is 0 Å². The van der Waals surface area contributed by atoms with Crippen molar-refractivity contribution >= 4 is 54.0 Å². The van der Waals surface area contributed by atoms with Gasteiger partial charge in [0.25, 0.3) is 0 Å². The summed E-state index contributed by atoms with van der Waals surface area (Å²) in [6, 6.07) is 28.2. The molecule has 3 aromatic carbocycles. The minimum atomic E-state index is -4.31. The van der Waals surface area contributed by atoms with Crippen LogP contribution in [0.15, 0.2) is 83.1 Å². The van der Waals surface area contributed by atoms with Crippen LogP contribution < -0.4 is 4.90 Å². The van der Waals surface area contributed by atoms with E-state index in [1.165, 1.54) is 76.5 Å². The van der Waals surface area contributed by atoms with Gasteiger partial charge in [0.1, 0.15) is 0 Å². The number of unbranched alkanes of at least 4 members (excludes halogenated alkanes) is 8. The van der Waals surface area contributed by atoms with E-state index in [-0.39, 0.29) is 6.61 Å². The second-order valence-electron chi connectivity index (χ2n) is 9.93. The lowest BCUT2D eigenvalue weighted by atomic mass is 9.91. The molecule has 40 heavy (non-hydrogen) atoms. The van der Waals surface area contributed by atoms with Crippen molar-refractivity contribution in [1.82, 2.24) is 0 Å². The van der Waals surface area contributed by atoms with E-state index in [9.17, 15) is 4.57 Å². The predicted molar refractivity (Wildman–Crippen MR) is 173 cm³/mol. The number of phosphoric acid groups is 1. The Kier molecular flexibility index (Phi) is 12.3. The Labute approximate surface area is 247 Å². The van der Waals surface area contributed by atoms with Gasteiger partial charge >= 0.3 is 7.82 Å². The molecular formula is C32H40NO4PS2. The first-order valence-electron chi connectivity index (χ1n) is 14.1. The molecule has 214 valence electrons. The fraction of sp³-hybridized carbons (Fsp3) is 0.375. The van der Waals surface area contributed by atoms with Crippen LogP contribution in [0.25, 0.3) is 5.57 Å². The maximum absolute atomic E-state index is 10.7. The van der Waals surface area contributed by atoms with Crippen molar-refractivity contribution in [2.24, 2.45) is 0 Å². The van der Waals surface area contributed by atoms with Crippen LogP contribution in [0.4, 0.5) is 17.1 Å². The number of phosphoric ester groups is 1. The van der Waals surface area contributed by atoms with Gasteiger partial charge in [-0.1, -0.05) is 99.5 Å². The van der Waals surface area contributed by atoms with E-state index >= 15 is 0 Å². The minimum Gasteiger partial charge on any atom is -0.309 e. The molecule has 0 spiro atoms. The number of anilines is 3. The Morgan fingerprint density at radius 1 is 0.725 bits per heavy atom. The quantitative estimate of drug-likeness (QED) is 0.0984. The number of nitrogens with zero attached hydrogens (tertiary/aromatic N) is 1. The monoisotopic (exact) mass is 597 g/mol. The summed E-state index contributed by atoms with van der Waals surface area (Å²) in [5.74, 6) is 1.12. The number of fused-ring (bicyclic) bond motifs is 2. The third kappa shape index (κ3) is 8.75. The van der Waals surface area contributed by atoms with Crippen molar-refractivity contribution in [2.45, 2.75) is 57.8 Å². The smallest absolute Gasteiger partial charge is 0.309 e. The number of hydrogen-bond donors (Lipinski definition) is 2. The first-order valence-corrected chi connectivity index (χ1v) is 17.9. The Morgan fingerprint density at radius 3 is 1.77 bits per heavy atom. The van der Waals surface area contributed by atoms with E-state index < -0.39 is 7.82 Å². The van der Waals surface area contributed by atoms with Gasteiger partial charge in [-0.2, -0.15) is 0 Å². The number of thioether (sulfide) groups is 2. The Balaban J connectivity index is 1.30. The van der Waals surface area contributed by atoms with E-state index in [2.05, 4.69) is 94.5 Å². The molecule has 0 aliphatic carbocycles. The SMILES string of the molecule is CSC(SCCCCCCCCCCCOP(=O)(O)O)=C1c2ccccc2N(c2ccccc2)c2ccccc21. The molecule has 5 nitrogen and oxygen atoms in total. The minimum absolute atomic E-state index is 0.137. The second kappa shape index (κ2) is 15.9. The fourth-order valence-electron chi connectivity index (χ4n) is 5.13. The maximum Gasteiger partial charge on any atom is 0.469 e. The number of benzene rings is 3. The predicted octanol–water partition coefficient (Wildman–Crippen LogP) is 9.90. The van der Waals surface area contributed by atoms with Crippen LogP contribution in [-0.4, -0.2) is 28.4 Å². The molecule has 4 rings (SSSR count). The molecule has 3 aromatic rings. The zero-order valence-electron chi connectivity index (χ0n) is 23.2. The molecule has 0 amide bonds. The van der Waals surface area contributed by atoms with Gasteiger partial charge in [-0.15, -0.1) is 23.5 Å². The Bertz CT molecular complexity index is 1250. The highest BCUT2D eigenvalue weighted by Crippen LogP contribution is 2.52. The van der Waals surface area contributed by atoms with Crippen LogP contribution in [-0.2, 0) is 9.09 Å². The van der Waals surface area contributed by atoms with Gasteiger partial charge in [0.05, 0.1) is 18.0 Å². The van der Waals surface area contributed by atoms with Crippen molar-refractivity contribution in [3.8, 4) is 0 Å². The summed E-state index contributed by atoms with van der Waals surface area (Å²) in [4.78, 5) is 19.8. The first kappa shape index (κ1) is 31.0. The molecule has 0 aromatic heterocycles. The van der Waals surface area contributed by atoms with Gasteiger partial charge < -0.3 is 14.7 Å². The van der Waals surface area contributed by atoms with E-state index in [1.54, 1.807) is 0 Å². The van der Waals surface area contributed by atoms with E-state index in [4.69, 9.17) is 9.79 Å². The molecule has 0 fully saturated rings. The molecule has 0 atom stereocenters. The van der Waals surface area contributed by atoms with Crippen LogP contribution in [0.3, 0.4) is 0 Å². The summed E-state index contributed by atoms with van der Waals surface area (Å²) in [6.07, 6.45) is 12.3. The summed E-state index contributed by atoms with van der Waals surface area (Å²) in [6.45, 7) is 0.137. The molecule has 0 saturated heterocycles. The molecule has 8 heteroatoms. The molecule has 1 aliphatic rings. The highest BCUT2D eigenvalue weighted by atomic mass is 32.2. The lowest BCUT2D eigenvalue weighted by Gasteiger charge is -2.35. The lowest BCUT2D eigenvalue weighted by molar-refractivity contribution is 0.193. The highest BCUT2D eigenvalue weighted by Gasteiger charge is 2.29. The normalized spacial score (nSPS) is 12.8. The summed E-state index contributed by atoms with van der Waals surface area (Å²) in [5.41, 5.74) is 7.55. The number of rotatable bonds is 16. The van der Waals surface area contributed by atoms with Crippen LogP contribution >= 0.6 is 31.3 Å². The topological polar surface area (TPSA) is 70.0 Å². The average molecular weight is 598 g/mol. The summed E-state index contributed by atoms with van der Waals surface area (Å²) < 4.78 is 16.5. The van der Waals surface area contributed by atoms with Crippen molar-refractivity contribution in [2.75, 3.05) is 23.5 Å². The zero-order chi connectivity index (χ0) is 28.2. The molecule has 0 unspecified atom stereocenters. The number of para-hydroxylation sites is 3. The van der Waals surface area contributed by atoms with Gasteiger partial charge in [0, 0.05) is 26.6 Å². The van der Waals surface area contributed by atoms with Crippen LogP contribution in [0.2, 0.25) is 0 Å². The average Bonchev–Trinajstić information content (AvgIpc) is 2.96. The highest BCUT2D eigenvalue weighted by molar-refractivity contribution is 8.22.